The summed E-state index contributed by atoms with van der Waals surface area (Å²) in [4.78, 5) is 5.90. The Morgan fingerprint density at radius 2 is 1.43 bits per heavy atom. The minimum absolute atomic E-state index is 1.18. The maximum atomic E-state index is 3.41. The fraction of sp³-hybridized carbons (Fsp3) is 0.238. The van der Waals surface area contributed by atoms with Gasteiger partial charge in [-0.3, -0.25) is 0 Å². The Hall–Kier alpha value is -2.48. The zero-order valence-corrected chi connectivity index (χ0v) is 13.3. The average Bonchev–Trinajstić information content (AvgIpc) is 3.14. The van der Waals surface area contributed by atoms with Crippen LogP contribution in [-0.4, -0.2) is 18.1 Å². The Morgan fingerprint density at radius 3 is 2.17 bits per heavy atom. The van der Waals surface area contributed by atoms with Gasteiger partial charge >= 0.3 is 0 Å². The summed E-state index contributed by atoms with van der Waals surface area (Å²) in [5.74, 6) is 0. The Bertz CT molecular complexity index is 750. The first-order chi connectivity index (χ1) is 11.4. The lowest BCUT2D eigenvalue weighted by Crippen LogP contribution is -2.29. The number of benzene rings is 2. The van der Waals surface area contributed by atoms with Crippen molar-refractivity contribution in [3.63, 3.8) is 0 Å². The molecule has 0 saturated carbocycles. The van der Waals surface area contributed by atoms with E-state index in [-0.39, 0.29) is 0 Å². The van der Waals surface area contributed by atoms with Gasteiger partial charge in [0.2, 0.25) is 0 Å². The van der Waals surface area contributed by atoms with E-state index in [1.807, 2.05) is 0 Å². The molecule has 23 heavy (non-hydrogen) atoms. The molecule has 3 aromatic rings. The Morgan fingerprint density at radius 1 is 0.696 bits per heavy atom. The molecule has 1 saturated heterocycles. The van der Waals surface area contributed by atoms with E-state index >= 15 is 0 Å². The molecule has 1 aromatic heterocycles. The van der Waals surface area contributed by atoms with Crippen LogP contribution in [0.2, 0.25) is 0 Å². The van der Waals surface area contributed by atoms with Crippen molar-refractivity contribution in [2.75, 3.05) is 18.0 Å². The van der Waals surface area contributed by atoms with Crippen molar-refractivity contribution in [1.82, 2.24) is 4.98 Å². The predicted octanol–water partition coefficient (Wildman–Crippen LogP) is 5.34. The number of piperidine rings is 1. The minimum atomic E-state index is 1.18. The lowest BCUT2D eigenvalue weighted by Gasteiger charge is -2.28. The van der Waals surface area contributed by atoms with E-state index in [0.717, 1.165) is 0 Å². The van der Waals surface area contributed by atoms with Crippen molar-refractivity contribution in [1.29, 1.82) is 0 Å². The van der Waals surface area contributed by atoms with Crippen molar-refractivity contribution < 1.29 is 0 Å². The molecular formula is C21H22N2. The molecular weight excluding hydrogens is 280 g/mol. The van der Waals surface area contributed by atoms with Gasteiger partial charge in [0.15, 0.2) is 0 Å². The first-order valence-electron chi connectivity index (χ1n) is 8.49. The topological polar surface area (TPSA) is 19.0 Å². The smallest absolute Gasteiger partial charge is 0.0460 e. The molecule has 116 valence electrons. The third-order valence-corrected chi connectivity index (χ3v) is 4.69. The highest BCUT2D eigenvalue weighted by atomic mass is 15.1. The Kier molecular flexibility index (Phi) is 3.89. The SMILES string of the molecule is c1ccc(-c2c[nH]c(-c3ccc(N4CCCCC4)cc3)c2)cc1. The second-order valence-corrected chi connectivity index (χ2v) is 6.26. The number of nitrogens with one attached hydrogen (secondary N) is 1. The van der Waals surface area contributed by atoms with Crippen LogP contribution in [0.25, 0.3) is 22.4 Å². The molecule has 1 fully saturated rings. The fourth-order valence-corrected chi connectivity index (χ4v) is 3.36. The van der Waals surface area contributed by atoms with E-state index in [2.05, 4.69) is 76.7 Å². The van der Waals surface area contributed by atoms with Gasteiger partial charge in [0, 0.05) is 30.7 Å². The van der Waals surface area contributed by atoms with E-state index in [1.165, 1.54) is 60.4 Å². The normalized spacial score (nSPS) is 14.9. The number of anilines is 1. The zero-order chi connectivity index (χ0) is 15.5. The van der Waals surface area contributed by atoms with Crippen molar-refractivity contribution in [3.8, 4) is 22.4 Å². The predicted molar refractivity (Wildman–Crippen MR) is 97.7 cm³/mol. The van der Waals surface area contributed by atoms with E-state index in [4.69, 9.17) is 0 Å². The molecule has 2 aromatic carbocycles. The van der Waals surface area contributed by atoms with Crippen LogP contribution < -0.4 is 4.90 Å². The molecule has 2 heteroatoms. The van der Waals surface area contributed by atoms with Crippen molar-refractivity contribution >= 4 is 5.69 Å². The monoisotopic (exact) mass is 302 g/mol. The molecule has 0 aliphatic carbocycles. The molecule has 1 aliphatic rings. The van der Waals surface area contributed by atoms with Crippen LogP contribution in [0.3, 0.4) is 0 Å². The molecule has 0 atom stereocenters. The quantitative estimate of drug-likeness (QED) is 0.692. The van der Waals surface area contributed by atoms with Gasteiger partial charge in [0.05, 0.1) is 0 Å². The molecule has 2 nitrogen and oxygen atoms in total. The Labute approximate surface area is 137 Å². The van der Waals surface area contributed by atoms with Crippen LogP contribution in [0.15, 0.2) is 66.9 Å². The Balaban J connectivity index is 1.55. The van der Waals surface area contributed by atoms with Crippen molar-refractivity contribution in [3.05, 3.63) is 66.9 Å². The van der Waals surface area contributed by atoms with Gasteiger partial charge in [-0.25, -0.2) is 0 Å². The molecule has 1 N–H and O–H groups in total. The number of hydrogen-bond donors (Lipinski definition) is 1. The van der Waals surface area contributed by atoms with Crippen LogP contribution in [0.4, 0.5) is 5.69 Å². The average molecular weight is 302 g/mol. The van der Waals surface area contributed by atoms with Crippen LogP contribution in [0, 0.1) is 0 Å². The number of hydrogen-bond acceptors (Lipinski definition) is 1. The van der Waals surface area contributed by atoms with E-state index in [1.54, 1.807) is 0 Å². The second-order valence-electron chi connectivity index (χ2n) is 6.26. The summed E-state index contributed by atoms with van der Waals surface area (Å²) >= 11 is 0. The standard InChI is InChI=1S/C21H22N2/c1-3-7-17(8-4-1)19-15-21(22-16-19)18-9-11-20(12-10-18)23-13-5-2-6-14-23/h1,3-4,7-12,15-16,22H,2,5-6,13-14H2. The molecule has 4 rings (SSSR count). The fourth-order valence-electron chi connectivity index (χ4n) is 3.36. The highest BCUT2D eigenvalue weighted by molar-refractivity contribution is 5.72. The number of H-pyrrole nitrogens is 1. The summed E-state index contributed by atoms with van der Waals surface area (Å²) in [6.45, 7) is 2.39. The maximum absolute atomic E-state index is 3.41. The van der Waals surface area contributed by atoms with Crippen LogP contribution in [-0.2, 0) is 0 Å². The first kappa shape index (κ1) is 14.1. The molecule has 0 amide bonds. The minimum Gasteiger partial charge on any atom is -0.372 e. The molecule has 0 radical (unpaired) electrons. The zero-order valence-electron chi connectivity index (χ0n) is 13.3. The number of aromatic amines is 1. The number of rotatable bonds is 3. The highest BCUT2D eigenvalue weighted by Crippen LogP contribution is 2.28. The summed E-state index contributed by atoms with van der Waals surface area (Å²) in [6.07, 6.45) is 6.10. The van der Waals surface area contributed by atoms with Crippen LogP contribution in [0.1, 0.15) is 19.3 Å². The summed E-state index contributed by atoms with van der Waals surface area (Å²) in [5, 5.41) is 0. The summed E-state index contributed by atoms with van der Waals surface area (Å²) < 4.78 is 0. The van der Waals surface area contributed by atoms with Gasteiger partial charge in [-0.2, -0.15) is 0 Å². The largest absolute Gasteiger partial charge is 0.372 e. The van der Waals surface area contributed by atoms with Crippen molar-refractivity contribution in [2.45, 2.75) is 19.3 Å². The van der Waals surface area contributed by atoms with Gasteiger partial charge in [-0.1, -0.05) is 42.5 Å². The number of aromatic nitrogens is 1. The van der Waals surface area contributed by atoms with E-state index in [9.17, 15) is 0 Å². The van der Waals surface area contributed by atoms with Gasteiger partial charge in [0.25, 0.3) is 0 Å². The molecule has 0 unspecified atom stereocenters. The molecule has 2 heterocycles. The lowest BCUT2D eigenvalue weighted by atomic mass is 10.1. The highest BCUT2D eigenvalue weighted by Gasteiger charge is 2.11. The summed E-state index contributed by atoms with van der Waals surface area (Å²) in [6, 6.07) is 21.7. The van der Waals surface area contributed by atoms with Crippen LogP contribution >= 0.6 is 0 Å². The van der Waals surface area contributed by atoms with Gasteiger partial charge in [-0.05, 0) is 54.2 Å². The van der Waals surface area contributed by atoms with Crippen LogP contribution in [0.5, 0.6) is 0 Å². The van der Waals surface area contributed by atoms with Crippen molar-refractivity contribution in [2.24, 2.45) is 0 Å². The summed E-state index contributed by atoms with van der Waals surface area (Å²) in [7, 11) is 0. The molecule has 0 bridgehead atoms. The number of nitrogens with zero attached hydrogens (tertiary/aromatic N) is 1. The third-order valence-electron chi connectivity index (χ3n) is 4.69. The van der Waals surface area contributed by atoms with E-state index in [0.29, 0.717) is 0 Å². The second kappa shape index (κ2) is 6.33. The maximum Gasteiger partial charge on any atom is 0.0460 e. The first-order valence-corrected chi connectivity index (χ1v) is 8.49. The lowest BCUT2D eigenvalue weighted by molar-refractivity contribution is 0.578. The van der Waals surface area contributed by atoms with Gasteiger partial charge < -0.3 is 9.88 Å². The van der Waals surface area contributed by atoms with E-state index < -0.39 is 0 Å². The summed E-state index contributed by atoms with van der Waals surface area (Å²) in [5.41, 5.74) is 6.26. The van der Waals surface area contributed by atoms with Gasteiger partial charge in [0.1, 0.15) is 0 Å². The molecule has 0 spiro atoms. The van der Waals surface area contributed by atoms with Gasteiger partial charge in [-0.15, -0.1) is 0 Å². The molecule has 1 aliphatic heterocycles. The third kappa shape index (κ3) is 3.02.